The Morgan fingerprint density at radius 1 is 1.36 bits per heavy atom. The molecule has 0 aromatic rings. The Morgan fingerprint density at radius 3 is 2.64 bits per heavy atom. The quantitative estimate of drug-likeness (QED) is 0.570. The highest BCUT2D eigenvalue weighted by Gasteiger charge is 2.44. The Labute approximate surface area is 68.5 Å². The molecular formula is C9H17NO. The van der Waals surface area contributed by atoms with Gasteiger partial charge in [0.25, 0.3) is 0 Å². The molecule has 0 radical (unpaired) electrons. The molecule has 1 spiro atoms. The molecule has 2 nitrogen and oxygen atoms in total. The summed E-state index contributed by atoms with van der Waals surface area (Å²) in [5.41, 5.74) is 0.201. The van der Waals surface area contributed by atoms with Crippen LogP contribution in [-0.4, -0.2) is 30.3 Å². The molecule has 2 heteroatoms. The van der Waals surface area contributed by atoms with E-state index in [4.69, 9.17) is 4.74 Å². The summed E-state index contributed by atoms with van der Waals surface area (Å²) in [5, 5.41) is 0. The van der Waals surface area contributed by atoms with Gasteiger partial charge in [-0.25, -0.2) is 0 Å². The first-order chi connectivity index (χ1) is 5.37. The van der Waals surface area contributed by atoms with Crippen molar-refractivity contribution < 1.29 is 4.74 Å². The third-order valence-corrected chi connectivity index (χ3v) is 3.07. The van der Waals surface area contributed by atoms with E-state index in [0.717, 1.165) is 13.2 Å². The smallest absolute Gasteiger partial charge is 0.123 e. The summed E-state index contributed by atoms with van der Waals surface area (Å²) in [6, 6.07) is 0. The summed E-state index contributed by atoms with van der Waals surface area (Å²) in [7, 11) is 0. The minimum Gasteiger partial charge on any atom is -0.360 e. The predicted molar refractivity (Wildman–Crippen MR) is 44.4 cm³/mol. The zero-order chi connectivity index (χ0) is 7.73. The molecule has 2 rings (SSSR count). The molecule has 2 aliphatic heterocycles. The maximum Gasteiger partial charge on any atom is 0.123 e. The normalized spacial score (nSPS) is 39.0. The molecule has 2 saturated heterocycles. The van der Waals surface area contributed by atoms with Crippen molar-refractivity contribution in [1.29, 1.82) is 0 Å². The average molecular weight is 155 g/mol. The van der Waals surface area contributed by atoms with E-state index in [0.29, 0.717) is 0 Å². The van der Waals surface area contributed by atoms with Crippen LogP contribution < -0.4 is 0 Å². The van der Waals surface area contributed by atoms with E-state index < -0.39 is 0 Å². The summed E-state index contributed by atoms with van der Waals surface area (Å²) in [4.78, 5) is 2.50. The molecule has 0 aromatic carbocycles. The van der Waals surface area contributed by atoms with Gasteiger partial charge >= 0.3 is 0 Å². The van der Waals surface area contributed by atoms with Crippen molar-refractivity contribution in [3.05, 3.63) is 0 Å². The van der Waals surface area contributed by atoms with Crippen LogP contribution in [0.5, 0.6) is 0 Å². The summed E-state index contributed by atoms with van der Waals surface area (Å²) in [6.07, 6.45) is 5.25. The Kier molecular flexibility index (Phi) is 1.90. The van der Waals surface area contributed by atoms with Gasteiger partial charge in [-0.3, -0.25) is 4.90 Å². The summed E-state index contributed by atoms with van der Waals surface area (Å²) >= 11 is 0. The van der Waals surface area contributed by atoms with Gasteiger partial charge in [-0.15, -0.1) is 0 Å². The van der Waals surface area contributed by atoms with Crippen molar-refractivity contribution in [3.8, 4) is 0 Å². The van der Waals surface area contributed by atoms with Gasteiger partial charge in [0.1, 0.15) is 5.72 Å². The Bertz CT molecular complexity index is 142. The Balaban J connectivity index is 2.02. The van der Waals surface area contributed by atoms with Crippen LogP contribution in [0.4, 0.5) is 0 Å². The van der Waals surface area contributed by atoms with Gasteiger partial charge in [0.15, 0.2) is 0 Å². The van der Waals surface area contributed by atoms with Crippen molar-refractivity contribution in [2.45, 2.75) is 38.3 Å². The highest BCUT2D eigenvalue weighted by molar-refractivity contribution is 4.90. The number of piperidine rings is 1. The highest BCUT2D eigenvalue weighted by atomic mass is 16.5. The van der Waals surface area contributed by atoms with Gasteiger partial charge in [-0.1, -0.05) is 6.92 Å². The summed E-state index contributed by atoms with van der Waals surface area (Å²) in [5.74, 6) is 0. The predicted octanol–water partition coefficient (Wildman–Crippen LogP) is 1.61. The molecule has 0 aliphatic carbocycles. The fourth-order valence-corrected chi connectivity index (χ4v) is 2.30. The second kappa shape index (κ2) is 2.76. The lowest BCUT2D eigenvalue weighted by Crippen LogP contribution is -2.59. The highest BCUT2D eigenvalue weighted by Crippen LogP contribution is 2.38. The third kappa shape index (κ3) is 1.09. The molecule has 2 heterocycles. The van der Waals surface area contributed by atoms with E-state index in [1.165, 1.54) is 32.2 Å². The molecule has 0 bridgehead atoms. The van der Waals surface area contributed by atoms with Crippen LogP contribution in [0.1, 0.15) is 32.6 Å². The van der Waals surface area contributed by atoms with Crippen LogP contribution in [-0.2, 0) is 4.74 Å². The van der Waals surface area contributed by atoms with Gasteiger partial charge in [-0.05, 0) is 25.8 Å². The van der Waals surface area contributed by atoms with Crippen LogP contribution in [0.2, 0.25) is 0 Å². The van der Waals surface area contributed by atoms with E-state index in [2.05, 4.69) is 11.8 Å². The zero-order valence-corrected chi connectivity index (χ0v) is 7.31. The van der Waals surface area contributed by atoms with Crippen LogP contribution in [0, 0.1) is 0 Å². The largest absolute Gasteiger partial charge is 0.360 e. The van der Waals surface area contributed by atoms with Gasteiger partial charge < -0.3 is 4.74 Å². The molecule has 1 atom stereocenters. The first-order valence-corrected chi connectivity index (χ1v) is 4.76. The maximum absolute atomic E-state index is 5.69. The Morgan fingerprint density at radius 2 is 2.18 bits per heavy atom. The van der Waals surface area contributed by atoms with Gasteiger partial charge in [0.05, 0.1) is 6.61 Å². The maximum atomic E-state index is 5.69. The summed E-state index contributed by atoms with van der Waals surface area (Å²) < 4.78 is 5.69. The molecule has 0 aromatic heterocycles. The topological polar surface area (TPSA) is 12.5 Å². The lowest BCUT2D eigenvalue weighted by molar-refractivity contribution is -0.251. The fourth-order valence-electron chi connectivity index (χ4n) is 2.30. The average Bonchev–Trinajstić information content (AvgIpc) is 2.01. The zero-order valence-electron chi connectivity index (χ0n) is 7.31. The molecular weight excluding hydrogens is 138 g/mol. The lowest BCUT2D eigenvalue weighted by atomic mass is 9.92. The standard InChI is InChI=1S/C9H17NO/c1-2-10-7-4-3-5-9(10)6-8-11-9/h2-8H2,1H3. The molecule has 0 saturated carbocycles. The molecule has 11 heavy (non-hydrogen) atoms. The SMILES string of the molecule is CCN1CCCCC12CCO2. The number of likely N-dealkylation sites (tertiary alicyclic amines) is 1. The second-order valence-corrected chi connectivity index (χ2v) is 3.58. The van der Waals surface area contributed by atoms with E-state index in [1.54, 1.807) is 0 Å². The van der Waals surface area contributed by atoms with Crippen LogP contribution >= 0.6 is 0 Å². The Hall–Kier alpha value is -0.0800. The van der Waals surface area contributed by atoms with Gasteiger partial charge in [0.2, 0.25) is 0 Å². The minimum absolute atomic E-state index is 0.201. The number of ether oxygens (including phenoxy) is 1. The van der Waals surface area contributed by atoms with E-state index >= 15 is 0 Å². The molecule has 2 fully saturated rings. The molecule has 2 aliphatic rings. The number of hydrogen-bond donors (Lipinski definition) is 0. The second-order valence-electron chi connectivity index (χ2n) is 3.58. The van der Waals surface area contributed by atoms with Gasteiger partial charge in [-0.2, -0.15) is 0 Å². The van der Waals surface area contributed by atoms with Gasteiger partial charge in [0, 0.05) is 13.0 Å². The molecule has 0 amide bonds. The molecule has 64 valence electrons. The van der Waals surface area contributed by atoms with Crippen molar-refractivity contribution >= 4 is 0 Å². The van der Waals surface area contributed by atoms with Crippen molar-refractivity contribution in [2.75, 3.05) is 19.7 Å². The van der Waals surface area contributed by atoms with E-state index in [-0.39, 0.29) is 5.72 Å². The monoisotopic (exact) mass is 155 g/mol. The van der Waals surface area contributed by atoms with Crippen LogP contribution in [0.3, 0.4) is 0 Å². The van der Waals surface area contributed by atoms with Crippen molar-refractivity contribution in [1.82, 2.24) is 4.90 Å². The number of nitrogens with zero attached hydrogens (tertiary/aromatic N) is 1. The number of hydrogen-bond acceptors (Lipinski definition) is 2. The third-order valence-electron chi connectivity index (χ3n) is 3.07. The summed E-state index contributed by atoms with van der Waals surface area (Å²) in [6.45, 7) is 5.61. The lowest BCUT2D eigenvalue weighted by Gasteiger charge is -2.52. The molecule has 1 unspecified atom stereocenters. The van der Waals surface area contributed by atoms with Crippen LogP contribution in [0.15, 0.2) is 0 Å². The van der Waals surface area contributed by atoms with Crippen molar-refractivity contribution in [2.24, 2.45) is 0 Å². The van der Waals surface area contributed by atoms with E-state index in [9.17, 15) is 0 Å². The fraction of sp³-hybridized carbons (Fsp3) is 1.00. The first-order valence-electron chi connectivity index (χ1n) is 4.76. The first kappa shape index (κ1) is 7.56. The van der Waals surface area contributed by atoms with E-state index in [1.807, 2.05) is 0 Å². The molecule has 0 N–H and O–H groups in total. The minimum atomic E-state index is 0.201. The van der Waals surface area contributed by atoms with Crippen LogP contribution in [0.25, 0.3) is 0 Å². The number of rotatable bonds is 1. The van der Waals surface area contributed by atoms with Crippen molar-refractivity contribution in [3.63, 3.8) is 0 Å².